The molecule has 3 heterocycles. The molecule has 0 N–H and O–H groups in total. The number of fused-ring (bicyclic) bond motifs is 1. The van der Waals surface area contributed by atoms with E-state index in [2.05, 4.69) is 85.0 Å². The largest absolute Gasteiger partial charge is 0.453 e. The van der Waals surface area contributed by atoms with E-state index in [4.69, 9.17) is 9.72 Å². The molecule has 0 fully saturated rings. The van der Waals surface area contributed by atoms with Crippen molar-refractivity contribution < 1.29 is 4.74 Å². The van der Waals surface area contributed by atoms with Gasteiger partial charge in [-0.1, -0.05) is 41.5 Å². The summed E-state index contributed by atoms with van der Waals surface area (Å²) in [4.78, 5) is 8.88. The number of ether oxygens (including phenoxy) is 1. The van der Waals surface area contributed by atoms with E-state index in [-0.39, 0.29) is 5.69 Å². The lowest BCUT2D eigenvalue weighted by molar-refractivity contribution is 0.476. The molecule has 0 aliphatic carbocycles. The van der Waals surface area contributed by atoms with Crippen molar-refractivity contribution in [2.45, 2.75) is 58.2 Å². The Morgan fingerprint density at radius 3 is 2.28 bits per heavy atom. The van der Waals surface area contributed by atoms with E-state index < -0.39 is 8.24 Å². The molecule has 0 atom stereocenters. The minimum atomic E-state index is -1.88. The van der Waals surface area contributed by atoms with Crippen LogP contribution in [0.2, 0.25) is 16.6 Å². The summed E-state index contributed by atoms with van der Waals surface area (Å²) in [6, 6.07) is 7.92. The zero-order valence-corrected chi connectivity index (χ0v) is 20.4. The van der Waals surface area contributed by atoms with E-state index in [9.17, 15) is 5.26 Å². The van der Waals surface area contributed by atoms with Crippen LogP contribution in [0.3, 0.4) is 0 Å². The molecule has 0 bridgehead atoms. The number of hydrogen-bond donors (Lipinski definition) is 0. The van der Waals surface area contributed by atoms with Gasteiger partial charge in [-0.3, -0.25) is 0 Å². The highest BCUT2D eigenvalue weighted by Gasteiger charge is 2.45. The van der Waals surface area contributed by atoms with Crippen LogP contribution in [-0.2, 0) is 0 Å². The highest BCUT2D eigenvalue weighted by atomic mass is 79.9. The standard InChI is InChI=1S/C22H27BrN4OSi/c1-14(2)29(15(3)4,16(5)6)27-8-7-17-9-19(13-26-22(17)27)28-21-10-18(23)12-25-20(21)11-24/h7-10,12-16H,1-6H3. The van der Waals surface area contributed by atoms with Gasteiger partial charge >= 0.3 is 0 Å². The number of nitriles is 1. The summed E-state index contributed by atoms with van der Waals surface area (Å²) in [6.45, 7) is 14.1. The van der Waals surface area contributed by atoms with Crippen molar-refractivity contribution in [1.29, 1.82) is 5.26 Å². The Morgan fingerprint density at radius 2 is 1.69 bits per heavy atom. The first-order valence-electron chi connectivity index (χ1n) is 9.92. The maximum atomic E-state index is 9.29. The summed E-state index contributed by atoms with van der Waals surface area (Å²) in [5.41, 5.74) is 3.01. The number of halogens is 1. The second-order valence-corrected chi connectivity index (χ2v) is 15.0. The quantitative estimate of drug-likeness (QED) is 0.368. The minimum absolute atomic E-state index is 0.247. The fourth-order valence-electron chi connectivity index (χ4n) is 4.92. The average Bonchev–Trinajstić information content (AvgIpc) is 3.05. The van der Waals surface area contributed by atoms with Gasteiger partial charge in [0.05, 0.1) is 6.20 Å². The molecule has 0 spiro atoms. The van der Waals surface area contributed by atoms with Crippen LogP contribution in [0.15, 0.2) is 41.3 Å². The third-order valence-electron chi connectivity index (χ3n) is 5.85. The zero-order valence-electron chi connectivity index (χ0n) is 17.8. The van der Waals surface area contributed by atoms with Crippen molar-refractivity contribution in [2.24, 2.45) is 0 Å². The van der Waals surface area contributed by atoms with Gasteiger partial charge in [0.2, 0.25) is 0 Å². The number of aromatic nitrogens is 3. The molecule has 7 heteroatoms. The predicted octanol–water partition coefficient (Wildman–Crippen LogP) is 6.88. The van der Waals surface area contributed by atoms with Crippen LogP contribution >= 0.6 is 15.9 Å². The molecule has 0 radical (unpaired) electrons. The predicted molar refractivity (Wildman–Crippen MR) is 123 cm³/mol. The second kappa shape index (κ2) is 8.29. The summed E-state index contributed by atoms with van der Waals surface area (Å²) in [6.07, 6.45) is 5.52. The van der Waals surface area contributed by atoms with Gasteiger partial charge in [0.25, 0.3) is 0 Å². The minimum Gasteiger partial charge on any atom is -0.453 e. The van der Waals surface area contributed by atoms with Gasteiger partial charge in [0, 0.05) is 16.1 Å². The van der Waals surface area contributed by atoms with Crippen molar-refractivity contribution in [1.82, 2.24) is 14.2 Å². The molecule has 0 aromatic carbocycles. The summed E-state index contributed by atoms with van der Waals surface area (Å²) >= 11 is 3.38. The molecule has 3 rings (SSSR count). The summed E-state index contributed by atoms with van der Waals surface area (Å²) in [5, 5.41) is 10.3. The van der Waals surface area contributed by atoms with E-state index in [0.29, 0.717) is 28.1 Å². The van der Waals surface area contributed by atoms with Crippen LogP contribution in [0.1, 0.15) is 47.2 Å². The lowest BCUT2D eigenvalue weighted by Crippen LogP contribution is -2.51. The van der Waals surface area contributed by atoms with E-state index in [1.165, 1.54) is 0 Å². The lowest BCUT2D eigenvalue weighted by atomic mass is 10.3. The molecule has 3 aromatic heterocycles. The second-order valence-electron chi connectivity index (χ2n) is 8.34. The maximum Gasteiger partial charge on any atom is 0.183 e. The van der Waals surface area contributed by atoms with Gasteiger partial charge in [0.15, 0.2) is 19.7 Å². The Kier molecular flexibility index (Phi) is 6.15. The first-order valence-corrected chi connectivity index (χ1v) is 12.9. The van der Waals surface area contributed by atoms with Gasteiger partial charge in [0.1, 0.15) is 17.5 Å². The number of pyridine rings is 2. The van der Waals surface area contributed by atoms with E-state index in [1.807, 2.05) is 6.07 Å². The van der Waals surface area contributed by atoms with Gasteiger partial charge in [-0.15, -0.1) is 0 Å². The molecule has 152 valence electrons. The van der Waals surface area contributed by atoms with E-state index >= 15 is 0 Å². The molecule has 0 saturated carbocycles. The van der Waals surface area contributed by atoms with E-state index in [0.717, 1.165) is 15.5 Å². The van der Waals surface area contributed by atoms with Crippen LogP contribution in [0, 0.1) is 11.3 Å². The van der Waals surface area contributed by atoms with Crippen LogP contribution in [0.5, 0.6) is 11.5 Å². The van der Waals surface area contributed by atoms with E-state index in [1.54, 1.807) is 18.5 Å². The van der Waals surface area contributed by atoms with Crippen LogP contribution in [0.25, 0.3) is 11.0 Å². The SMILES string of the molecule is CC(C)[Si](C(C)C)(C(C)C)n1ccc2cc(Oc3cc(Br)cnc3C#N)cnc21. The summed E-state index contributed by atoms with van der Waals surface area (Å²) in [5.74, 6) is 1.01. The molecule has 0 saturated heterocycles. The average molecular weight is 471 g/mol. The number of rotatable bonds is 6. The fourth-order valence-corrected chi connectivity index (χ4v) is 11.8. The molecular formula is C22H27BrN4OSi. The third-order valence-corrected chi connectivity index (χ3v) is 13.0. The molecule has 0 aliphatic rings. The molecule has 5 nitrogen and oxygen atoms in total. The number of nitrogens with zero attached hydrogens (tertiary/aromatic N) is 4. The first kappa shape index (κ1) is 21.5. The van der Waals surface area contributed by atoms with Crippen molar-refractivity contribution in [3.63, 3.8) is 0 Å². The van der Waals surface area contributed by atoms with Gasteiger partial charge in [-0.25, -0.2) is 9.97 Å². The van der Waals surface area contributed by atoms with Crippen molar-refractivity contribution >= 4 is 35.2 Å². The lowest BCUT2D eigenvalue weighted by Gasteiger charge is -2.44. The maximum absolute atomic E-state index is 9.29. The van der Waals surface area contributed by atoms with Crippen LogP contribution < -0.4 is 4.74 Å². The smallest absolute Gasteiger partial charge is 0.183 e. The van der Waals surface area contributed by atoms with Crippen LogP contribution in [-0.4, -0.2) is 22.4 Å². The number of hydrogen-bond acceptors (Lipinski definition) is 4. The third kappa shape index (κ3) is 3.71. The molecule has 29 heavy (non-hydrogen) atoms. The molecule has 0 aliphatic heterocycles. The normalized spacial score (nSPS) is 12.2. The highest BCUT2D eigenvalue weighted by Crippen LogP contribution is 2.44. The zero-order chi connectivity index (χ0) is 21.3. The Morgan fingerprint density at radius 1 is 1.03 bits per heavy atom. The molecular weight excluding hydrogens is 444 g/mol. The molecule has 3 aromatic rings. The Hall–Kier alpha value is -2.17. The van der Waals surface area contributed by atoms with Crippen LogP contribution in [0.4, 0.5) is 0 Å². The summed E-state index contributed by atoms with van der Waals surface area (Å²) < 4.78 is 9.19. The monoisotopic (exact) mass is 470 g/mol. The van der Waals surface area contributed by atoms with Gasteiger partial charge in [-0.2, -0.15) is 5.26 Å². The Bertz CT molecular complexity index is 1050. The van der Waals surface area contributed by atoms with Crippen molar-refractivity contribution in [2.75, 3.05) is 0 Å². The fraction of sp³-hybridized carbons (Fsp3) is 0.409. The van der Waals surface area contributed by atoms with Gasteiger partial charge in [-0.05, 0) is 56.9 Å². The first-order chi connectivity index (χ1) is 13.7. The summed E-state index contributed by atoms with van der Waals surface area (Å²) in [7, 11) is -1.88. The Balaban J connectivity index is 2.07. The molecule has 0 unspecified atom stereocenters. The van der Waals surface area contributed by atoms with Gasteiger partial charge < -0.3 is 8.97 Å². The highest BCUT2D eigenvalue weighted by molar-refractivity contribution is 9.10. The van der Waals surface area contributed by atoms with Crippen molar-refractivity contribution in [3.8, 4) is 17.6 Å². The molecule has 0 amide bonds. The topological polar surface area (TPSA) is 63.7 Å². The van der Waals surface area contributed by atoms with Crippen molar-refractivity contribution in [3.05, 3.63) is 47.0 Å². The Labute approximate surface area is 182 Å².